The molecule has 0 fully saturated rings. The summed E-state index contributed by atoms with van der Waals surface area (Å²) in [4.78, 5) is 0. The first-order valence-corrected chi connectivity index (χ1v) is 6.52. The van der Waals surface area contributed by atoms with Gasteiger partial charge in [0.15, 0.2) is 6.29 Å². The molecule has 0 aromatic heterocycles. The number of terminal acetylenes is 1. The molecule has 0 aliphatic carbocycles. The Morgan fingerprint density at radius 2 is 1.50 bits per heavy atom. The third kappa shape index (κ3) is 9.22. The van der Waals surface area contributed by atoms with E-state index in [1.165, 1.54) is 0 Å². The van der Waals surface area contributed by atoms with Gasteiger partial charge in [-0.1, -0.05) is 27.2 Å². The zero-order chi connectivity index (χ0) is 13.6. The van der Waals surface area contributed by atoms with Crippen LogP contribution in [-0.2, 0) is 0 Å². The van der Waals surface area contributed by atoms with Gasteiger partial charge >= 0.3 is 0 Å². The summed E-state index contributed by atoms with van der Waals surface area (Å²) in [5.74, 6) is 0. The Balaban J connectivity index is 3.70. The van der Waals surface area contributed by atoms with Crippen molar-refractivity contribution < 1.29 is 0 Å². The molecular weight excluding hydrogens is 228 g/mol. The summed E-state index contributed by atoms with van der Waals surface area (Å²) in [5.41, 5.74) is 0. The Labute approximate surface area is 111 Å². The Bertz CT molecular complexity index is 209. The normalized spacial score (nSPS) is 12.4. The number of hydrogen-bond acceptors (Lipinski definition) is 4. The van der Waals surface area contributed by atoms with Gasteiger partial charge in [-0.15, -0.1) is 0 Å². The zero-order valence-electron chi connectivity index (χ0n) is 11.7. The summed E-state index contributed by atoms with van der Waals surface area (Å²) < 4.78 is 0. The molecule has 6 heteroatoms. The van der Waals surface area contributed by atoms with Crippen molar-refractivity contribution in [3.8, 4) is 12.5 Å². The monoisotopic (exact) mass is 254 g/mol. The van der Waals surface area contributed by atoms with Gasteiger partial charge in [0.1, 0.15) is 6.29 Å². The van der Waals surface area contributed by atoms with E-state index in [4.69, 9.17) is 6.42 Å². The highest BCUT2D eigenvalue weighted by Gasteiger charge is 2.06. The third-order valence-corrected chi connectivity index (χ3v) is 2.15. The molecule has 0 bridgehead atoms. The fraction of sp³-hybridized carbons (Fsp3) is 0.833. The van der Waals surface area contributed by atoms with Crippen molar-refractivity contribution in [2.45, 2.75) is 33.4 Å². The zero-order valence-corrected chi connectivity index (χ0v) is 11.7. The van der Waals surface area contributed by atoms with Gasteiger partial charge in [0.05, 0.1) is 0 Å². The van der Waals surface area contributed by atoms with Crippen molar-refractivity contribution in [2.75, 3.05) is 32.7 Å². The lowest BCUT2D eigenvalue weighted by Gasteiger charge is -2.20. The van der Waals surface area contributed by atoms with Crippen LogP contribution >= 0.6 is 0 Å². The maximum absolute atomic E-state index is 5.19. The van der Waals surface area contributed by atoms with Crippen LogP contribution in [0.25, 0.3) is 0 Å². The molecule has 18 heavy (non-hydrogen) atoms. The molecule has 0 saturated heterocycles. The molecule has 0 spiro atoms. The van der Waals surface area contributed by atoms with Crippen LogP contribution in [0.15, 0.2) is 0 Å². The van der Waals surface area contributed by atoms with E-state index in [0.29, 0.717) is 0 Å². The molecule has 2 atom stereocenters. The van der Waals surface area contributed by atoms with Crippen LogP contribution in [0, 0.1) is 12.5 Å². The van der Waals surface area contributed by atoms with Gasteiger partial charge < -0.3 is 5.32 Å². The predicted octanol–water partition coefficient (Wildman–Crippen LogP) is -1.23. The van der Waals surface area contributed by atoms with E-state index >= 15 is 0 Å². The Hall–Kier alpha value is -0.840. The molecule has 0 amide bonds. The van der Waals surface area contributed by atoms with Crippen LogP contribution in [0.5, 0.6) is 0 Å². The Morgan fingerprint density at radius 1 is 0.944 bits per heavy atom. The molecule has 2 radical (unpaired) electrons. The van der Waals surface area contributed by atoms with E-state index in [1.807, 2.05) is 13.8 Å². The lowest BCUT2D eigenvalue weighted by Crippen LogP contribution is -2.53. The van der Waals surface area contributed by atoms with Crippen molar-refractivity contribution in [3.05, 3.63) is 0 Å². The third-order valence-electron chi connectivity index (χ3n) is 2.15. The van der Waals surface area contributed by atoms with Gasteiger partial charge in [0.2, 0.25) is 0 Å². The molecule has 0 heterocycles. The topological polar surface area (TPSA) is 76.3 Å². The van der Waals surface area contributed by atoms with Gasteiger partial charge in [-0.2, -0.15) is 0 Å². The van der Waals surface area contributed by atoms with Crippen molar-refractivity contribution >= 4 is 0 Å². The van der Waals surface area contributed by atoms with Gasteiger partial charge in [0, 0.05) is 32.2 Å². The summed E-state index contributed by atoms with van der Waals surface area (Å²) in [6.45, 7) is 10.0. The second-order valence-electron chi connectivity index (χ2n) is 3.56. The van der Waals surface area contributed by atoms with Crippen LogP contribution in [-0.4, -0.2) is 45.3 Å². The Kier molecular flexibility index (Phi) is 12.0. The van der Waals surface area contributed by atoms with E-state index in [0.717, 1.165) is 32.7 Å². The van der Waals surface area contributed by atoms with E-state index in [9.17, 15) is 0 Å². The largest absolute Gasteiger partial charge is 0.316 e. The number of nitrogens with one attached hydrogen (secondary N) is 4. The molecule has 2 unspecified atom stereocenters. The molecule has 104 valence electrons. The maximum atomic E-state index is 5.19. The van der Waals surface area contributed by atoms with E-state index in [1.54, 1.807) is 0 Å². The first-order valence-electron chi connectivity index (χ1n) is 6.52. The van der Waals surface area contributed by atoms with Crippen molar-refractivity contribution in [1.29, 1.82) is 0 Å². The minimum atomic E-state index is -0.178. The second kappa shape index (κ2) is 12.6. The molecule has 0 aromatic carbocycles. The molecule has 6 nitrogen and oxygen atoms in total. The quantitative estimate of drug-likeness (QED) is 0.152. The summed E-state index contributed by atoms with van der Waals surface area (Å²) in [7, 11) is 0. The smallest absolute Gasteiger partial charge is 0.154 e. The van der Waals surface area contributed by atoms with Crippen LogP contribution in [0.4, 0.5) is 0 Å². The molecule has 0 rings (SSSR count). The van der Waals surface area contributed by atoms with Gasteiger partial charge in [0.25, 0.3) is 0 Å². The summed E-state index contributed by atoms with van der Waals surface area (Å²) in [6.07, 6.45) is 5.03. The van der Waals surface area contributed by atoms with Crippen molar-refractivity contribution in [3.63, 3.8) is 0 Å². The SMILES string of the molecule is C#CNC([N]CC)NCCNC([N]CC)NCC. The molecule has 0 aromatic rings. The fourth-order valence-corrected chi connectivity index (χ4v) is 1.42. The lowest BCUT2D eigenvalue weighted by molar-refractivity contribution is 0.343. The summed E-state index contributed by atoms with van der Waals surface area (Å²) in [6, 6.07) is 2.39. The summed E-state index contributed by atoms with van der Waals surface area (Å²) >= 11 is 0. The second-order valence-corrected chi connectivity index (χ2v) is 3.56. The van der Waals surface area contributed by atoms with Gasteiger partial charge in [-0.25, -0.2) is 10.6 Å². The standard InChI is InChI=1S/C12H26N6/c1-5-13-11(14-6-2)17-9-10-18-12(15-7-3)16-8-4/h1,11-13,15,17-18H,6-10H2,2-4H3. The van der Waals surface area contributed by atoms with Crippen molar-refractivity contribution in [1.82, 2.24) is 31.9 Å². The van der Waals surface area contributed by atoms with Crippen LogP contribution in [0.3, 0.4) is 0 Å². The van der Waals surface area contributed by atoms with Crippen molar-refractivity contribution in [2.24, 2.45) is 0 Å². The lowest BCUT2D eigenvalue weighted by atomic mass is 10.5. The minimum absolute atomic E-state index is 0.0176. The van der Waals surface area contributed by atoms with Crippen LogP contribution in [0.2, 0.25) is 0 Å². The van der Waals surface area contributed by atoms with Gasteiger partial charge in [-0.3, -0.25) is 16.0 Å². The number of rotatable bonds is 12. The average molecular weight is 254 g/mol. The minimum Gasteiger partial charge on any atom is -0.316 e. The molecule has 0 saturated carbocycles. The summed E-state index contributed by atoms with van der Waals surface area (Å²) in [5, 5.41) is 21.2. The van der Waals surface area contributed by atoms with Crippen LogP contribution < -0.4 is 31.9 Å². The van der Waals surface area contributed by atoms with Gasteiger partial charge in [-0.05, 0) is 6.54 Å². The molecule has 0 aliphatic heterocycles. The van der Waals surface area contributed by atoms with E-state index in [2.05, 4.69) is 44.9 Å². The molecular formula is C12H26N6. The first-order chi connectivity index (χ1) is 8.78. The first kappa shape index (κ1) is 17.2. The highest BCUT2D eigenvalue weighted by atomic mass is 15.3. The molecule has 4 N–H and O–H groups in total. The molecule has 0 aliphatic rings. The maximum Gasteiger partial charge on any atom is 0.154 e. The van der Waals surface area contributed by atoms with E-state index in [-0.39, 0.29) is 12.6 Å². The Morgan fingerprint density at radius 3 is 2.00 bits per heavy atom. The highest BCUT2D eigenvalue weighted by Crippen LogP contribution is 1.76. The fourth-order valence-electron chi connectivity index (χ4n) is 1.42. The number of nitrogens with zero attached hydrogens (tertiary/aromatic N) is 2. The van der Waals surface area contributed by atoms with Crippen LogP contribution in [0.1, 0.15) is 20.8 Å². The predicted molar refractivity (Wildman–Crippen MR) is 74.6 cm³/mol. The number of hydrogen-bond donors (Lipinski definition) is 4. The van der Waals surface area contributed by atoms with E-state index < -0.39 is 0 Å². The average Bonchev–Trinajstić information content (AvgIpc) is 2.35. The highest BCUT2D eigenvalue weighted by molar-refractivity contribution is 4.83.